The van der Waals surface area contributed by atoms with E-state index < -0.39 is 0 Å². The van der Waals surface area contributed by atoms with Crippen molar-refractivity contribution < 1.29 is 0 Å². The molecule has 0 rings (SSSR count). The summed E-state index contributed by atoms with van der Waals surface area (Å²) < 4.78 is 0. The maximum Gasteiger partial charge on any atom is -0.0200 e. The van der Waals surface area contributed by atoms with Gasteiger partial charge in [-0.2, -0.15) is 0 Å². The normalized spacial score (nSPS) is 9.77. The number of allylic oxidation sites excluding steroid dienone is 4. The second kappa shape index (κ2) is 7.64. The minimum Gasteiger partial charge on any atom is -0.122 e. The molecule has 0 unspecified atom stereocenters. The van der Waals surface area contributed by atoms with Gasteiger partial charge in [-0.25, -0.2) is 0 Å². The molecule has 0 aliphatic heterocycles. The molecule has 0 aromatic carbocycles. The van der Waals surface area contributed by atoms with Crippen LogP contribution in [0.15, 0.2) is 41.7 Å². The zero-order valence-corrected chi connectivity index (χ0v) is 9.06. The van der Waals surface area contributed by atoms with Crippen molar-refractivity contribution in [3.8, 4) is 0 Å². The first-order valence-corrected chi connectivity index (χ1v) is 4.91. The molecule has 0 saturated carbocycles. The third-order valence-electron chi connectivity index (χ3n) is 1.71. The van der Waals surface area contributed by atoms with Crippen molar-refractivity contribution in [2.24, 2.45) is 0 Å². The molecule has 0 amide bonds. The Morgan fingerprint density at radius 2 is 2.08 bits per heavy atom. The molecule has 0 heterocycles. The molecule has 0 atom stereocenters. The Kier molecular flexibility index (Phi) is 7.05. The van der Waals surface area contributed by atoms with Crippen molar-refractivity contribution in [3.05, 3.63) is 41.7 Å². The van der Waals surface area contributed by atoms with Gasteiger partial charge < -0.3 is 0 Å². The summed E-state index contributed by atoms with van der Waals surface area (Å²) in [6, 6.07) is 0. The smallest absolute Gasteiger partial charge is 0.0200 e. The van der Waals surface area contributed by atoms with Crippen LogP contribution < -0.4 is 0 Å². The van der Waals surface area contributed by atoms with Gasteiger partial charge in [-0.3, -0.25) is 0 Å². The van der Waals surface area contributed by atoms with Crippen molar-refractivity contribution in [2.75, 3.05) is 0 Å². The van der Waals surface area contributed by atoms with E-state index in [4.69, 9.17) is 0 Å². The van der Waals surface area contributed by atoms with Crippen molar-refractivity contribution in [1.82, 2.24) is 0 Å². The summed E-state index contributed by atoms with van der Waals surface area (Å²) in [5, 5.41) is 0. The third-order valence-corrected chi connectivity index (χ3v) is 1.71. The Hall–Kier alpha value is -1.00. The number of rotatable bonds is 5. The van der Waals surface area contributed by atoms with Gasteiger partial charge in [0.15, 0.2) is 0 Å². The molecule has 0 saturated heterocycles. The lowest BCUT2D eigenvalue weighted by atomic mass is 10.1. The van der Waals surface area contributed by atoms with Crippen LogP contribution in [-0.2, 0) is 0 Å². The summed E-state index contributed by atoms with van der Waals surface area (Å²) in [4.78, 5) is 0. The molecule has 0 heteroatoms. The summed E-state index contributed by atoms with van der Waals surface area (Å²) in [5.74, 6) is 0. The highest BCUT2D eigenvalue weighted by molar-refractivity contribution is 5.17. The molecule has 0 spiro atoms. The molecule has 0 aliphatic carbocycles. The van der Waals surface area contributed by atoms with Crippen LogP contribution in [-0.4, -0.2) is 0 Å². The molecule has 72 valence electrons. The Morgan fingerprint density at radius 1 is 1.38 bits per heavy atom. The van der Waals surface area contributed by atoms with Crippen molar-refractivity contribution in [1.29, 1.82) is 0 Å². The first kappa shape index (κ1) is 12.0. The Labute approximate surface area is 82.4 Å². The Balaban J connectivity index is 3.97. The average molecular weight is 176 g/mol. The predicted molar refractivity (Wildman–Crippen MR) is 60.7 cm³/mol. The lowest BCUT2D eigenvalue weighted by molar-refractivity contribution is 0.788. The summed E-state index contributed by atoms with van der Waals surface area (Å²) >= 11 is 0. The van der Waals surface area contributed by atoms with Gasteiger partial charge in [0.1, 0.15) is 0 Å². The lowest BCUT2D eigenvalue weighted by Crippen LogP contribution is -1.73. The highest BCUT2D eigenvalue weighted by atomic mass is 13.9. The van der Waals surface area contributed by atoms with Crippen molar-refractivity contribution in [2.45, 2.75) is 40.0 Å². The lowest BCUT2D eigenvalue weighted by Gasteiger charge is -1.92. The highest BCUT2D eigenvalue weighted by Gasteiger charge is 1.84. The molecular weight excluding hydrogens is 156 g/mol. The van der Waals surface area contributed by atoms with Crippen LogP contribution in [0.1, 0.15) is 40.0 Å². The minimum absolute atomic E-state index is 1.07. The second-order valence-electron chi connectivity index (χ2n) is 3.40. The van der Waals surface area contributed by atoms with E-state index in [9.17, 15) is 0 Å². The van der Waals surface area contributed by atoms with Gasteiger partial charge in [-0.15, -0.1) is 5.73 Å². The first-order chi connectivity index (χ1) is 6.16. The maximum absolute atomic E-state index is 3.78. The van der Waals surface area contributed by atoms with Crippen LogP contribution >= 0.6 is 0 Å². The van der Waals surface area contributed by atoms with E-state index in [1.807, 2.05) is 25.2 Å². The van der Waals surface area contributed by atoms with Crippen LogP contribution in [0.4, 0.5) is 0 Å². The number of hydrogen-bond donors (Lipinski definition) is 0. The van der Waals surface area contributed by atoms with Gasteiger partial charge in [0.2, 0.25) is 0 Å². The number of unbranched alkanes of at least 4 members (excludes halogenated alkanes) is 1. The van der Waals surface area contributed by atoms with Gasteiger partial charge in [0, 0.05) is 0 Å². The summed E-state index contributed by atoms with van der Waals surface area (Å²) in [6.07, 6.45) is 9.60. The van der Waals surface area contributed by atoms with E-state index in [1.54, 1.807) is 0 Å². The standard InChI is InChI=1S/C13H20/c1-5-6-10-13(4)11-8-7-9-12(2)3/h7-9H,2,5-6,10H2,1,3-4H3/b9-7-. The van der Waals surface area contributed by atoms with E-state index in [0.717, 1.165) is 12.0 Å². The van der Waals surface area contributed by atoms with Crippen LogP contribution in [0, 0.1) is 0 Å². The average Bonchev–Trinajstić information content (AvgIpc) is 2.08. The summed E-state index contributed by atoms with van der Waals surface area (Å²) in [5.41, 5.74) is 5.64. The zero-order chi connectivity index (χ0) is 10.1. The van der Waals surface area contributed by atoms with E-state index >= 15 is 0 Å². The minimum atomic E-state index is 1.07. The predicted octanol–water partition coefficient (Wildman–Crippen LogP) is 4.41. The molecule has 0 aromatic rings. The molecular formula is C13H20. The fraction of sp³-hybridized carbons (Fsp3) is 0.462. The number of hydrogen-bond acceptors (Lipinski definition) is 0. The molecule has 13 heavy (non-hydrogen) atoms. The van der Waals surface area contributed by atoms with Gasteiger partial charge in [0.25, 0.3) is 0 Å². The summed E-state index contributed by atoms with van der Waals surface area (Å²) in [7, 11) is 0. The molecule has 0 fully saturated rings. The van der Waals surface area contributed by atoms with Gasteiger partial charge in [-0.05, 0) is 38.3 Å². The van der Waals surface area contributed by atoms with Crippen LogP contribution in [0.5, 0.6) is 0 Å². The SMILES string of the molecule is C=C(C)/C=C\C=C=C(C)CCCC. The fourth-order valence-electron chi connectivity index (χ4n) is 0.917. The van der Waals surface area contributed by atoms with Gasteiger partial charge in [-0.1, -0.05) is 37.6 Å². The fourth-order valence-corrected chi connectivity index (χ4v) is 0.917. The maximum atomic E-state index is 3.78. The molecule has 0 aromatic heterocycles. The topological polar surface area (TPSA) is 0 Å². The van der Waals surface area contributed by atoms with Crippen molar-refractivity contribution in [3.63, 3.8) is 0 Å². The van der Waals surface area contributed by atoms with Crippen LogP contribution in [0.3, 0.4) is 0 Å². The van der Waals surface area contributed by atoms with Crippen LogP contribution in [0.25, 0.3) is 0 Å². The van der Waals surface area contributed by atoms with Crippen molar-refractivity contribution >= 4 is 0 Å². The monoisotopic (exact) mass is 176 g/mol. The Bertz CT molecular complexity index is 235. The molecule has 0 N–H and O–H groups in total. The molecule has 0 nitrogen and oxygen atoms in total. The molecule has 0 aliphatic rings. The highest BCUT2D eigenvalue weighted by Crippen LogP contribution is 2.03. The van der Waals surface area contributed by atoms with E-state index in [-0.39, 0.29) is 0 Å². The van der Waals surface area contributed by atoms with E-state index in [0.29, 0.717) is 0 Å². The van der Waals surface area contributed by atoms with Crippen LogP contribution in [0.2, 0.25) is 0 Å². The third kappa shape index (κ3) is 8.91. The largest absolute Gasteiger partial charge is 0.122 e. The van der Waals surface area contributed by atoms with E-state index in [2.05, 4.69) is 26.2 Å². The quantitative estimate of drug-likeness (QED) is 0.430. The van der Waals surface area contributed by atoms with E-state index in [1.165, 1.54) is 18.4 Å². The zero-order valence-electron chi connectivity index (χ0n) is 9.06. The second-order valence-corrected chi connectivity index (χ2v) is 3.40. The first-order valence-electron chi connectivity index (χ1n) is 4.91. The molecule has 0 radical (unpaired) electrons. The van der Waals surface area contributed by atoms with Gasteiger partial charge in [0.05, 0.1) is 0 Å². The Morgan fingerprint density at radius 3 is 2.62 bits per heavy atom. The van der Waals surface area contributed by atoms with Gasteiger partial charge >= 0.3 is 0 Å². The summed E-state index contributed by atoms with van der Waals surface area (Å²) in [6.45, 7) is 10.1. The molecule has 0 bridgehead atoms.